The van der Waals surface area contributed by atoms with Crippen LogP contribution in [0.5, 0.6) is 0 Å². The minimum absolute atomic E-state index is 0.0353. The van der Waals surface area contributed by atoms with Crippen molar-refractivity contribution in [1.29, 1.82) is 5.26 Å². The molecule has 1 aliphatic heterocycles. The third-order valence-corrected chi connectivity index (χ3v) is 6.30. The van der Waals surface area contributed by atoms with Crippen molar-refractivity contribution in [2.45, 2.75) is 10.9 Å². The molecule has 0 radical (unpaired) electrons. The Morgan fingerprint density at radius 3 is 2.33 bits per heavy atom. The fourth-order valence-corrected chi connectivity index (χ4v) is 4.39. The normalized spacial score (nSPS) is 19.8. The van der Waals surface area contributed by atoms with Gasteiger partial charge in [0.05, 0.1) is 16.5 Å². The first kappa shape index (κ1) is 16.7. The van der Waals surface area contributed by atoms with Crippen LogP contribution in [0.4, 0.5) is 0 Å². The summed E-state index contributed by atoms with van der Waals surface area (Å²) in [5.74, 6) is 0. The van der Waals surface area contributed by atoms with Gasteiger partial charge < -0.3 is 0 Å². The molecule has 0 bridgehead atoms. The Morgan fingerprint density at radius 2 is 1.71 bits per heavy atom. The Balaban J connectivity index is 1.87. The molecule has 2 aromatic rings. The van der Waals surface area contributed by atoms with Crippen molar-refractivity contribution in [2.75, 3.05) is 26.7 Å². The van der Waals surface area contributed by atoms with Gasteiger partial charge in [0.25, 0.3) is 0 Å². The summed E-state index contributed by atoms with van der Waals surface area (Å²) in [6.07, 6.45) is 0. The van der Waals surface area contributed by atoms with Gasteiger partial charge in [-0.3, -0.25) is 4.90 Å². The minimum atomic E-state index is -3.55. The van der Waals surface area contributed by atoms with Crippen molar-refractivity contribution in [2.24, 2.45) is 0 Å². The predicted molar refractivity (Wildman–Crippen MR) is 91.7 cm³/mol. The molecule has 0 saturated carbocycles. The molecule has 6 heteroatoms. The molecule has 1 fully saturated rings. The number of rotatable bonds is 3. The van der Waals surface area contributed by atoms with Gasteiger partial charge in [-0.05, 0) is 36.9 Å². The summed E-state index contributed by atoms with van der Waals surface area (Å²) < 4.78 is 27.3. The zero-order chi connectivity index (χ0) is 17.2. The summed E-state index contributed by atoms with van der Waals surface area (Å²) in [7, 11) is -1.54. The average molecular weight is 341 g/mol. The Morgan fingerprint density at radius 1 is 1.04 bits per heavy atom. The van der Waals surface area contributed by atoms with Crippen molar-refractivity contribution in [3.05, 3.63) is 65.7 Å². The monoisotopic (exact) mass is 341 g/mol. The van der Waals surface area contributed by atoms with Crippen LogP contribution in [-0.2, 0) is 10.0 Å². The lowest BCUT2D eigenvalue weighted by molar-refractivity contribution is 0.148. The van der Waals surface area contributed by atoms with E-state index >= 15 is 0 Å². The van der Waals surface area contributed by atoms with Crippen LogP contribution in [0.25, 0.3) is 0 Å². The van der Waals surface area contributed by atoms with Gasteiger partial charge in [-0.2, -0.15) is 9.57 Å². The van der Waals surface area contributed by atoms with Gasteiger partial charge >= 0.3 is 0 Å². The molecule has 1 atom stereocenters. The fourth-order valence-electron chi connectivity index (χ4n) is 2.95. The van der Waals surface area contributed by atoms with Gasteiger partial charge in [-0.1, -0.05) is 30.3 Å². The summed E-state index contributed by atoms with van der Waals surface area (Å²) in [6, 6.07) is 18.1. The number of likely N-dealkylation sites (N-methyl/N-ethyl adjacent to an activating group) is 1. The molecule has 1 unspecified atom stereocenters. The van der Waals surface area contributed by atoms with Gasteiger partial charge in [-0.15, -0.1) is 0 Å². The van der Waals surface area contributed by atoms with E-state index in [0.717, 1.165) is 5.56 Å². The van der Waals surface area contributed by atoms with Gasteiger partial charge in [0.2, 0.25) is 10.0 Å². The smallest absolute Gasteiger partial charge is 0.243 e. The predicted octanol–water partition coefficient (Wildman–Crippen LogP) is 2.24. The summed E-state index contributed by atoms with van der Waals surface area (Å²) in [6.45, 7) is 1.56. The van der Waals surface area contributed by atoms with Crippen LogP contribution < -0.4 is 0 Å². The van der Waals surface area contributed by atoms with E-state index < -0.39 is 10.0 Å². The van der Waals surface area contributed by atoms with Gasteiger partial charge in [-0.25, -0.2) is 8.42 Å². The number of sulfonamides is 1. The Bertz CT molecular complexity index is 842. The van der Waals surface area contributed by atoms with E-state index in [-0.39, 0.29) is 10.9 Å². The van der Waals surface area contributed by atoms with E-state index in [0.29, 0.717) is 25.2 Å². The maximum atomic E-state index is 12.9. The second-order valence-electron chi connectivity index (χ2n) is 5.91. The SMILES string of the molecule is CN1CCN(S(=O)(=O)c2ccc(C#N)cc2)CC1c1ccccc1. The molecule has 1 aliphatic rings. The summed E-state index contributed by atoms with van der Waals surface area (Å²) >= 11 is 0. The van der Waals surface area contributed by atoms with E-state index in [2.05, 4.69) is 4.90 Å². The standard InChI is InChI=1S/C18H19N3O2S/c1-20-11-12-21(14-18(20)16-5-3-2-4-6-16)24(22,23)17-9-7-15(13-19)8-10-17/h2-10,18H,11-12,14H2,1H3. The number of hydrogen-bond acceptors (Lipinski definition) is 4. The van der Waals surface area contributed by atoms with Gasteiger partial charge in [0.1, 0.15) is 0 Å². The summed E-state index contributed by atoms with van der Waals surface area (Å²) in [4.78, 5) is 2.41. The Kier molecular flexibility index (Phi) is 4.67. The molecule has 0 aromatic heterocycles. The minimum Gasteiger partial charge on any atom is -0.297 e. The number of benzene rings is 2. The molecule has 0 spiro atoms. The van der Waals surface area contributed by atoms with Crippen LogP contribution in [0.3, 0.4) is 0 Å². The average Bonchev–Trinajstić information content (AvgIpc) is 2.62. The van der Waals surface area contributed by atoms with Crippen molar-refractivity contribution in [3.8, 4) is 6.07 Å². The van der Waals surface area contributed by atoms with Crippen LogP contribution in [0.1, 0.15) is 17.2 Å². The molecule has 24 heavy (non-hydrogen) atoms. The third-order valence-electron chi connectivity index (χ3n) is 4.42. The quantitative estimate of drug-likeness (QED) is 0.859. The topological polar surface area (TPSA) is 64.4 Å². The highest BCUT2D eigenvalue weighted by molar-refractivity contribution is 7.89. The Hall–Kier alpha value is -2.20. The van der Waals surface area contributed by atoms with Crippen molar-refractivity contribution in [3.63, 3.8) is 0 Å². The third kappa shape index (κ3) is 3.20. The molecular formula is C18H19N3O2S. The number of piperazine rings is 1. The summed E-state index contributed by atoms with van der Waals surface area (Å²) in [5.41, 5.74) is 1.56. The van der Waals surface area contributed by atoms with Gasteiger partial charge in [0.15, 0.2) is 0 Å². The molecule has 0 N–H and O–H groups in total. The first-order chi connectivity index (χ1) is 11.5. The fraction of sp³-hybridized carbons (Fsp3) is 0.278. The maximum Gasteiger partial charge on any atom is 0.243 e. The first-order valence-corrected chi connectivity index (χ1v) is 9.22. The molecule has 3 rings (SSSR count). The highest BCUT2D eigenvalue weighted by Crippen LogP contribution is 2.27. The summed E-state index contributed by atoms with van der Waals surface area (Å²) in [5, 5.41) is 8.85. The van der Waals surface area contributed by atoms with Crippen molar-refractivity contribution >= 4 is 10.0 Å². The highest BCUT2D eigenvalue weighted by atomic mass is 32.2. The van der Waals surface area contributed by atoms with E-state index in [4.69, 9.17) is 5.26 Å². The van der Waals surface area contributed by atoms with Crippen LogP contribution in [-0.4, -0.2) is 44.3 Å². The number of nitrogens with zero attached hydrogens (tertiary/aromatic N) is 3. The van der Waals surface area contributed by atoms with Crippen LogP contribution in [0, 0.1) is 11.3 Å². The maximum absolute atomic E-state index is 12.9. The molecule has 0 aliphatic carbocycles. The molecule has 1 heterocycles. The molecular weight excluding hydrogens is 322 g/mol. The zero-order valence-corrected chi connectivity index (χ0v) is 14.3. The second-order valence-corrected chi connectivity index (χ2v) is 7.84. The molecule has 5 nitrogen and oxygen atoms in total. The molecule has 2 aromatic carbocycles. The van der Waals surface area contributed by atoms with Gasteiger partial charge in [0, 0.05) is 25.7 Å². The van der Waals surface area contributed by atoms with Crippen molar-refractivity contribution in [1.82, 2.24) is 9.21 Å². The van der Waals surface area contributed by atoms with E-state index in [9.17, 15) is 8.42 Å². The van der Waals surface area contributed by atoms with Crippen LogP contribution >= 0.6 is 0 Å². The molecule has 124 valence electrons. The Labute approximate surface area is 142 Å². The number of hydrogen-bond donors (Lipinski definition) is 0. The first-order valence-electron chi connectivity index (χ1n) is 7.78. The molecule has 0 amide bonds. The lowest BCUT2D eigenvalue weighted by Crippen LogP contribution is -2.48. The lowest BCUT2D eigenvalue weighted by atomic mass is 10.0. The lowest BCUT2D eigenvalue weighted by Gasteiger charge is -2.39. The highest BCUT2D eigenvalue weighted by Gasteiger charge is 2.33. The second kappa shape index (κ2) is 6.73. The van der Waals surface area contributed by atoms with E-state index in [1.54, 1.807) is 0 Å². The molecule has 1 saturated heterocycles. The van der Waals surface area contributed by atoms with Crippen LogP contribution in [0.2, 0.25) is 0 Å². The number of nitriles is 1. The van der Waals surface area contributed by atoms with Crippen LogP contribution in [0.15, 0.2) is 59.5 Å². The van der Waals surface area contributed by atoms with Crippen molar-refractivity contribution < 1.29 is 8.42 Å². The van der Waals surface area contributed by atoms with E-state index in [1.165, 1.54) is 28.6 Å². The van der Waals surface area contributed by atoms with E-state index in [1.807, 2.05) is 43.4 Å². The zero-order valence-electron chi connectivity index (χ0n) is 13.5. The largest absolute Gasteiger partial charge is 0.297 e.